The number of ether oxygens (including phenoxy) is 2. The molecule has 0 aliphatic heterocycles. The van der Waals surface area contributed by atoms with Crippen molar-refractivity contribution < 1.29 is 24.1 Å². The van der Waals surface area contributed by atoms with Crippen LogP contribution in [0.5, 0.6) is 11.5 Å². The van der Waals surface area contributed by atoms with Crippen molar-refractivity contribution in [3.63, 3.8) is 0 Å². The number of hydrogen-bond donors (Lipinski definition) is 1. The first kappa shape index (κ1) is 19.6. The maximum atomic E-state index is 12.4. The highest BCUT2D eigenvalue weighted by Gasteiger charge is 2.21. The van der Waals surface area contributed by atoms with Crippen LogP contribution in [0.3, 0.4) is 0 Å². The third-order valence-electron chi connectivity index (χ3n) is 3.52. The van der Waals surface area contributed by atoms with Gasteiger partial charge in [-0.1, -0.05) is 6.92 Å². The van der Waals surface area contributed by atoms with E-state index in [0.717, 1.165) is 12.5 Å². The lowest BCUT2D eigenvalue weighted by molar-refractivity contribution is -0.385. The second-order valence-corrected chi connectivity index (χ2v) is 5.38. The number of benzene rings is 2. The minimum atomic E-state index is -0.730. The van der Waals surface area contributed by atoms with Gasteiger partial charge in [-0.25, -0.2) is 0 Å². The summed E-state index contributed by atoms with van der Waals surface area (Å²) >= 11 is 0. The monoisotopic (exact) mass is 375 g/mol. The van der Waals surface area contributed by atoms with Crippen molar-refractivity contribution in [3.05, 3.63) is 62.2 Å². The van der Waals surface area contributed by atoms with Crippen molar-refractivity contribution >= 4 is 23.0 Å². The molecule has 0 bridgehead atoms. The maximum absolute atomic E-state index is 12.4. The number of nitro benzene ring substituents is 2. The summed E-state index contributed by atoms with van der Waals surface area (Å²) in [5, 5.41) is 24.8. The topological polar surface area (TPSA) is 134 Å². The summed E-state index contributed by atoms with van der Waals surface area (Å²) in [6.07, 6.45) is 0.739. The minimum absolute atomic E-state index is 0.0000404. The first-order valence-corrected chi connectivity index (χ1v) is 7.92. The number of nitrogens with zero attached hydrogens (tertiary/aromatic N) is 2. The molecule has 1 N–H and O–H groups in total. The van der Waals surface area contributed by atoms with Gasteiger partial charge in [0.15, 0.2) is 5.75 Å². The Morgan fingerprint density at radius 3 is 2.37 bits per heavy atom. The Hall–Kier alpha value is -3.69. The van der Waals surface area contributed by atoms with Crippen molar-refractivity contribution in [2.24, 2.45) is 0 Å². The van der Waals surface area contributed by atoms with Crippen LogP contribution in [-0.4, -0.2) is 29.5 Å². The molecule has 0 spiro atoms. The summed E-state index contributed by atoms with van der Waals surface area (Å²) in [5.41, 5.74) is -0.821. The molecule has 0 aliphatic rings. The van der Waals surface area contributed by atoms with Crippen LogP contribution in [0.4, 0.5) is 17.1 Å². The smallest absolute Gasteiger partial charge is 0.311 e. The van der Waals surface area contributed by atoms with E-state index in [-0.39, 0.29) is 28.4 Å². The summed E-state index contributed by atoms with van der Waals surface area (Å²) in [5.74, 6) is -0.423. The highest BCUT2D eigenvalue weighted by molar-refractivity contribution is 6.06. The van der Waals surface area contributed by atoms with Gasteiger partial charge in [0.25, 0.3) is 11.6 Å². The molecule has 0 saturated heterocycles. The van der Waals surface area contributed by atoms with Crippen molar-refractivity contribution in [2.75, 3.05) is 19.0 Å². The third-order valence-corrected chi connectivity index (χ3v) is 3.52. The van der Waals surface area contributed by atoms with Gasteiger partial charge >= 0.3 is 5.69 Å². The van der Waals surface area contributed by atoms with Crippen LogP contribution in [0.15, 0.2) is 36.4 Å². The number of hydrogen-bond acceptors (Lipinski definition) is 7. The summed E-state index contributed by atoms with van der Waals surface area (Å²) in [4.78, 5) is 33.4. The zero-order valence-electron chi connectivity index (χ0n) is 14.6. The van der Waals surface area contributed by atoms with Crippen LogP contribution in [-0.2, 0) is 0 Å². The van der Waals surface area contributed by atoms with E-state index >= 15 is 0 Å². The lowest BCUT2D eigenvalue weighted by Crippen LogP contribution is -2.13. The Morgan fingerprint density at radius 1 is 1.07 bits per heavy atom. The SMILES string of the molecule is CCCOc1ccc(NC(=O)c2ccc(OC)c([N+](=O)[O-])c2)c([N+](=O)[O-])c1. The van der Waals surface area contributed by atoms with Gasteiger partial charge in [0.05, 0.1) is 29.6 Å². The average Bonchev–Trinajstić information content (AvgIpc) is 2.66. The van der Waals surface area contributed by atoms with Crippen LogP contribution in [0.2, 0.25) is 0 Å². The van der Waals surface area contributed by atoms with Crippen LogP contribution in [0.25, 0.3) is 0 Å². The van der Waals surface area contributed by atoms with E-state index in [1.165, 1.54) is 37.4 Å². The van der Waals surface area contributed by atoms with E-state index in [4.69, 9.17) is 9.47 Å². The Bertz CT molecular complexity index is 883. The van der Waals surface area contributed by atoms with Gasteiger partial charge in [-0.3, -0.25) is 25.0 Å². The molecule has 0 fully saturated rings. The zero-order chi connectivity index (χ0) is 20.0. The average molecular weight is 375 g/mol. The Morgan fingerprint density at radius 2 is 1.78 bits per heavy atom. The fraction of sp³-hybridized carbons (Fsp3) is 0.235. The molecule has 2 rings (SSSR count). The molecular weight excluding hydrogens is 358 g/mol. The summed E-state index contributed by atoms with van der Waals surface area (Å²) < 4.78 is 10.2. The van der Waals surface area contributed by atoms with Gasteiger partial charge in [-0.15, -0.1) is 0 Å². The molecule has 0 unspecified atom stereocenters. The van der Waals surface area contributed by atoms with Crippen molar-refractivity contribution in [1.29, 1.82) is 0 Å². The molecule has 0 radical (unpaired) electrons. The van der Waals surface area contributed by atoms with E-state index in [9.17, 15) is 25.0 Å². The number of amides is 1. The molecule has 0 atom stereocenters. The fourth-order valence-corrected chi connectivity index (χ4v) is 2.25. The number of nitro groups is 2. The van der Waals surface area contributed by atoms with E-state index in [1.54, 1.807) is 0 Å². The lowest BCUT2D eigenvalue weighted by Gasteiger charge is -2.09. The van der Waals surface area contributed by atoms with Crippen LogP contribution in [0, 0.1) is 20.2 Å². The maximum Gasteiger partial charge on any atom is 0.311 e. The first-order chi connectivity index (χ1) is 12.9. The largest absolute Gasteiger partial charge is 0.493 e. The number of anilines is 1. The van der Waals surface area contributed by atoms with Gasteiger partial charge in [0.2, 0.25) is 0 Å². The summed E-state index contributed by atoms with van der Waals surface area (Å²) in [6, 6.07) is 7.70. The highest BCUT2D eigenvalue weighted by Crippen LogP contribution is 2.31. The van der Waals surface area contributed by atoms with Gasteiger partial charge in [-0.2, -0.15) is 0 Å². The van der Waals surface area contributed by atoms with Gasteiger partial charge in [0, 0.05) is 11.6 Å². The second-order valence-electron chi connectivity index (χ2n) is 5.38. The van der Waals surface area contributed by atoms with E-state index < -0.39 is 15.8 Å². The fourth-order valence-electron chi connectivity index (χ4n) is 2.25. The summed E-state index contributed by atoms with van der Waals surface area (Å²) in [6.45, 7) is 2.30. The number of methoxy groups -OCH3 is 1. The van der Waals surface area contributed by atoms with E-state index in [0.29, 0.717) is 12.4 Å². The lowest BCUT2D eigenvalue weighted by atomic mass is 10.1. The quantitative estimate of drug-likeness (QED) is 0.550. The normalized spacial score (nSPS) is 10.1. The molecule has 2 aromatic carbocycles. The van der Waals surface area contributed by atoms with Gasteiger partial charge in [-0.05, 0) is 30.7 Å². The summed E-state index contributed by atoms with van der Waals surface area (Å²) in [7, 11) is 1.27. The van der Waals surface area contributed by atoms with E-state index in [1.807, 2.05) is 6.92 Å². The standard InChI is InChI=1S/C17H17N3O7/c1-3-8-27-12-5-6-13(14(10-12)19(22)23)18-17(21)11-4-7-16(26-2)15(9-11)20(24)25/h4-7,9-10H,3,8H2,1-2H3,(H,18,21). The van der Waals surface area contributed by atoms with Gasteiger partial charge < -0.3 is 14.8 Å². The molecule has 27 heavy (non-hydrogen) atoms. The molecule has 10 heteroatoms. The van der Waals surface area contributed by atoms with Crippen molar-refractivity contribution in [2.45, 2.75) is 13.3 Å². The molecule has 1 amide bonds. The van der Waals surface area contributed by atoms with Crippen LogP contribution < -0.4 is 14.8 Å². The van der Waals surface area contributed by atoms with Gasteiger partial charge in [0.1, 0.15) is 11.4 Å². The minimum Gasteiger partial charge on any atom is -0.493 e. The predicted octanol–water partition coefficient (Wildman–Crippen LogP) is 3.55. The number of nitrogens with one attached hydrogen (secondary N) is 1. The van der Waals surface area contributed by atoms with Crippen LogP contribution in [0.1, 0.15) is 23.7 Å². The number of rotatable bonds is 8. The Labute approximate surface area is 154 Å². The molecule has 0 aliphatic carbocycles. The van der Waals surface area contributed by atoms with Crippen LogP contribution >= 0.6 is 0 Å². The Kier molecular flexibility index (Phi) is 6.26. The predicted molar refractivity (Wildman–Crippen MR) is 96.5 cm³/mol. The molecule has 0 aromatic heterocycles. The van der Waals surface area contributed by atoms with Crippen molar-refractivity contribution in [1.82, 2.24) is 0 Å². The molecule has 10 nitrogen and oxygen atoms in total. The van der Waals surface area contributed by atoms with E-state index in [2.05, 4.69) is 5.32 Å². The first-order valence-electron chi connectivity index (χ1n) is 7.92. The number of carbonyl (C=O) groups is 1. The second kappa shape index (κ2) is 8.61. The number of carbonyl (C=O) groups excluding carboxylic acids is 1. The molecule has 0 saturated carbocycles. The molecule has 142 valence electrons. The molecule has 2 aromatic rings. The highest BCUT2D eigenvalue weighted by atomic mass is 16.6. The zero-order valence-corrected chi connectivity index (χ0v) is 14.6. The van der Waals surface area contributed by atoms with Crippen molar-refractivity contribution in [3.8, 4) is 11.5 Å². The third kappa shape index (κ3) is 4.69. The molecular formula is C17H17N3O7. The molecule has 0 heterocycles. The Balaban J connectivity index is 2.31.